The van der Waals surface area contributed by atoms with Crippen LogP contribution in [-0.4, -0.2) is 64.6 Å². The fourth-order valence-electron chi connectivity index (χ4n) is 3.07. The molecule has 0 aliphatic carbocycles. The number of azide groups is 1. The standard InChI is InChI=1S/C12H18N7O13P3/c1-6-16-11-10(12(20)17-6)14-4-19(11)9-2-7(28-5-15-18-13)8(30-9)3-29-34(24,25)32-35(26,27)31-33(21,22)23/h4,7-9H,2-3,5H2,1H3,(H,24,25)(H,26,27)(H,16,17,20)(H2,21,22,23)/t7-,8-,9-/m1/s1. The highest BCUT2D eigenvalue weighted by atomic mass is 31.3. The minimum Gasteiger partial charge on any atom is -0.369 e. The average molecular weight is 561 g/mol. The van der Waals surface area contributed by atoms with Crippen molar-refractivity contribution in [2.24, 2.45) is 5.11 Å². The lowest BCUT2D eigenvalue weighted by atomic mass is 10.2. The van der Waals surface area contributed by atoms with Crippen LogP contribution in [0, 0.1) is 6.92 Å². The summed E-state index contributed by atoms with van der Waals surface area (Å²) in [4.78, 5) is 61.4. The maximum Gasteiger partial charge on any atom is 0.490 e. The van der Waals surface area contributed by atoms with Crippen LogP contribution in [0.3, 0.4) is 0 Å². The van der Waals surface area contributed by atoms with E-state index in [0.717, 1.165) is 0 Å². The summed E-state index contributed by atoms with van der Waals surface area (Å²) in [5.74, 6) is 0.294. The van der Waals surface area contributed by atoms with E-state index in [1.165, 1.54) is 10.9 Å². The first-order valence-corrected chi connectivity index (χ1v) is 13.7. The lowest BCUT2D eigenvalue weighted by Crippen LogP contribution is -2.29. The monoisotopic (exact) mass is 561 g/mol. The number of fused-ring (bicyclic) bond motifs is 1. The number of nitrogens with zero attached hydrogens (tertiary/aromatic N) is 6. The molecule has 2 aromatic heterocycles. The Morgan fingerprint density at radius 3 is 2.66 bits per heavy atom. The summed E-state index contributed by atoms with van der Waals surface area (Å²) < 4.78 is 58.7. The molecule has 0 radical (unpaired) electrons. The molecule has 0 aromatic carbocycles. The number of nitrogens with one attached hydrogen (secondary N) is 1. The molecule has 1 aliphatic heterocycles. The van der Waals surface area contributed by atoms with Gasteiger partial charge >= 0.3 is 23.5 Å². The topological polar surface area (TPSA) is 291 Å². The zero-order valence-corrected chi connectivity index (χ0v) is 20.1. The summed E-state index contributed by atoms with van der Waals surface area (Å²) in [6.07, 6.45) is -1.69. The van der Waals surface area contributed by atoms with Crippen molar-refractivity contribution >= 4 is 34.6 Å². The molecule has 3 heterocycles. The number of aromatic amines is 1. The Kier molecular flexibility index (Phi) is 8.30. The third kappa shape index (κ3) is 7.49. The Hall–Kier alpha value is -2.01. The second-order valence-electron chi connectivity index (χ2n) is 6.79. The van der Waals surface area contributed by atoms with E-state index >= 15 is 0 Å². The zero-order chi connectivity index (χ0) is 26.0. The number of H-pyrrole nitrogens is 1. The number of ether oxygens (including phenoxy) is 2. The first-order valence-electron chi connectivity index (χ1n) is 9.19. The first-order chi connectivity index (χ1) is 16.2. The van der Waals surface area contributed by atoms with E-state index in [4.69, 9.17) is 24.8 Å². The number of aromatic nitrogens is 4. The molecule has 0 saturated carbocycles. The van der Waals surface area contributed by atoms with Crippen molar-refractivity contribution < 1.29 is 55.9 Å². The molecule has 1 saturated heterocycles. The van der Waals surface area contributed by atoms with Gasteiger partial charge in [-0.05, 0) is 12.5 Å². The number of imidazole rings is 1. The quantitative estimate of drug-likeness (QED) is 0.109. The molecule has 0 spiro atoms. The Morgan fingerprint density at radius 2 is 2.00 bits per heavy atom. The van der Waals surface area contributed by atoms with Gasteiger partial charge in [-0.3, -0.25) is 13.9 Å². The van der Waals surface area contributed by atoms with Crippen molar-refractivity contribution in [2.75, 3.05) is 13.3 Å². The molecule has 2 aromatic rings. The molecule has 5 N–H and O–H groups in total. The van der Waals surface area contributed by atoms with Crippen LogP contribution in [0.25, 0.3) is 21.6 Å². The van der Waals surface area contributed by atoms with Gasteiger partial charge in [-0.2, -0.15) is 8.62 Å². The van der Waals surface area contributed by atoms with Crippen molar-refractivity contribution in [1.82, 2.24) is 19.5 Å². The molecular weight excluding hydrogens is 543 g/mol. The van der Waals surface area contributed by atoms with Crippen LogP contribution in [0.1, 0.15) is 18.5 Å². The van der Waals surface area contributed by atoms with Crippen molar-refractivity contribution in [3.63, 3.8) is 0 Å². The van der Waals surface area contributed by atoms with Gasteiger partial charge in [0.1, 0.15) is 24.9 Å². The second-order valence-corrected chi connectivity index (χ2v) is 11.2. The lowest BCUT2D eigenvalue weighted by molar-refractivity contribution is -0.0583. The van der Waals surface area contributed by atoms with Crippen LogP contribution in [0.4, 0.5) is 0 Å². The molecule has 194 valence electrons. The maximum atomic E-state index is 12.1. The van der Waals surface area contributed by atoms with Crippen LogP contribution in [0.5, 0.6) is 0 Å². The van der Waals surface area contributed by atoms with E-state index in [-0.39, 0.29) is 17.6 Å². The lowest BCUT2D eigenvalue weighted by Gasteiger charge is -2.20. The Balaban J connectivity index is 1.76. The maximum absolute atomic E-state index is 12.1. The third-order valence-corrected chi connectivity index (χ3v) is 8.07. The van der Waals surface area contributed by atoms with E-state index in [9.17, 15) is 28.3 Å². The molecule has 35 heavy (non-hydrogen) atoms. The minimum absolute atomic E-state index is 0.0162. The van der Waals surface area contributed by atoms with Crippen LogP contribution >= 0.6 is 23.5 Å². The average Bonchev–Trinajstić information content (AvgIpc) is 3.28. The number of phosphoric acid groups is 3. The molecule has 23 heteroatoms. The van der Waals surface area contributed by atoms with Gasteiger partial charge in [0, 0.05) is 11.3 Å². The van der Waals surface area contributed by atoms with Crippen molar-refractivity contribution in [1.29, 1.82) is 0 Å². The number of hydrogen-bond donors (Lipinski definition) is 5. The highest BCUT2D eigenvalue weighted by Crippen LogP contribution is 2.66. The van der Waals surface area contributed by atoms with Gasteiger partial charge in [0.25, 0.3) is 5.56 Å². The summed E-state index contributed by atoms with van der Waals surface area (Å²) >= 11 is 0. The van der Waals surface area contributed by atoms with Gasteiger partial charge < -0.3 is 34.0 Å². The first kappa shape index (κ1) is 27.6. The van der Waals surface area contributed by atoms with Crippen molar-refractivity contribution in [2.45, 2.75) is 31.8 Å². The highest BCUT2D eigenvalue weighted by Gasteiger charge is 2.43. The third-order valence-electron chi connectivity index (χ3n) is 4.27. The Bertz CT molecular complexity index is 1330. The van der Waals surface area contributed by atoms with Gasteiger partial charge in [0.2, 0.25) is 0 Å². The van der Waals surface area contributed by atoms with Crippen LogP contribution in [0.2, 0.25) is 0 Å². The molecule has 2 unspecified atom stereocenters. The fourth-order valence-corrected chi connectivity index (χ4v) is 6.10. The fraction of sp³-hybridized carbons (Fsp3) is 0.583. The Morgan fingerprint density at radius 1 is 1.29 bits per heavy atom. The van der Waals surface area contributed by atoms with Gasteiger partial charge in [-0.15, -0.1) is 0 Å². The highest BCUT2D eigenvalue weighted by molar-refractivity contribution is 7.66. The number of hydrogen-bond acceptors (Lipinski definition) is 12. The predicted molar refractivity (Wildman–Crippen MR) is 110 cm³/mol. The van der Waals surface area contributed by atoms with Crippen molar-refractivity contribution in [3.05, 3.63) is 32.9 Å². The summed E-state index contributed by atoms with van der Waals surface area (Å²) in [5.41, 5.74) is 8.13. The molecule has 3 rings (SSSR count). The molecule has 5 atom stereocenters. The van der Waals surface area contributed by atoms with Crippen LogP contribution in [0.15, 0.2) is 16.2 Å². The molecule has 20 nitrogen and oxygen atoms in total. The SMILES string of the molecule is Cc1nc2c(ncn2[C@H]2C[C@@H](OCN=[N+]=[N-])[C@@H](COP(=O)(O)OP(=O)(O)OP(=O)(O)O)O2)c(=O)[nH]1. The molecule has 1 aliphatic rings. The zero-order valence-electron chi connectivity index (χ0n) is 17.4. The summed E-state index contributed by atoms with van der Waals surface area (Å²) in [5, 5.41) is 3.22. The van der Waals surface area contributed by atoms with Gasteiger partial charge in [-0.1, -0.05) is 5.11 Å². The largest absolute Gasteiger partial charge is 0.490 e. The Labute approximate surface area is 193 Å². The number of aryl methyl sites for hydroxylation is 1. The van der Waals surface area contributed by atoms with E-state index in [2.05, 4.69) is 38.1 Å². The smallest absolute Gasteiger partial charge is 0.369 e. The summed E-state index contributed by atoms with van der Waals surface area (Å²) in [6.45, 7) is 0.288. The molecule has 0 bridgehead atoms. The normalized spacial score (nSPS) is 24.1. The van der Waals surface area contributed by atoms with E-state index in [0.29, 0.717) is 5.82 Å². The van der Waals surface area contributed by atoms with Gasteiger partial charge in [-0.25, -0.2) is 23.7 Å². The van der Waals surface area contributed by atoms with Crippen LogP contribution in [-0.2, 0) is 36.3 Å². The van der Waals surface area contributed by atoms with E-state index < -0.39 is 60.8 Å². The van der Waals surface area contributed by atoms with Gasteiger partial charge in [0.15, 0.2) is 11.2 Å². The summed E-state index contributed by atoms with van der Waals surface area (Å²) in [6, 6.07) is 0. The van der Waals surface area contributed by atoms with E-state index in [1.807, 2.05) is 0 Å². The second kappa shape index (κ2) is 10.5. The number of rotatable bonds is 11. The predicted octanol–water partition coefficient (Wildman–Crippen LogP) is 0.712. The molecular formula is C12H18N7O13P3. The molecule has 0 amide bonds. The van der Waals surface area contributed by atoms with E-state index in [1.54, 1.807) is 6.92 Å². The van der Waals surface area contributed by atoms with Crippen LogP contribution < -0.4 is 5.56 Å². The van der Waals surface area contributed by atoms with Gasteiger partial charge in [0.05, 0.1) is 19.0 Å². The molecule has 1 fully saturated rings. The van der Waals surface area contributed by atoms with Crippen molar-refractivity contribution in [3.8, 4) is 0 Å². The summed E-state index contributed by atoms with van der Waals surface area (Å²) in [7, 11) is -16.7. The minimum atomic E-state index is -5.70. The number of phosphoric ester groups is 1.